The van der Waals surface area contributed by atoms with E-state index < -0.39 is 22.5 Å². The number of rotatable bonds is 10. The number of benzene rings is 3. The number of methoxy groups -OCH3 is 2. The molecule has 0 aliphatic carbocycles. The molecule has 0 atom stereocenters. The van der Waals surface area contributed by atoms with Crippen LogP contribution in [0.3, 0.4) is 0 Å². The lowest BCUT2D eigenvalue weighted by atomic mass is 10.2. The molecule has 1 aromatic heterocycles. The Kier molecular flexibility index (Phi) is 9.50. The number of aryl methyl sites for hydroxylation is 2. The fourth-order valence-corrected chi connectivity index (χ4v) is 6.33. The van der Waals surface area contributed by atoms with E-state index in [1.807, 2.05) is 37.5 Å². The molecule has 3 aromatic carbocycles. The Balaban J connectivity index is 1.60. The SMILES string of the molecule is COc1ccc(N(CC(=O)N/N=C/c2cc(C)n(-c3ccc(Cl)cc3Cl)c2C)S(=O)(=O)c2ccc(C)cc2)cc1OC. The van der Waals surface area contributed by atoms with E-state index in [0.29, 0.717) is 21.5 Å². The minimum atomic E-state index is -4.14. The maximum Gasteiger partial charge on any atom is 0.264 e. The lowest BCUT2D eigenvalue weighted by Gasteiger charge is -2.24. The van der Waals surface area contributed by atoms with Crippen molar-refractivity contribution in [2.45, 2.75) is 25.7 Å². The van der Waals surface area contributed by atoms with Gasteiger partial charge in [-0.2, -0.15) is 5.10 Å². The van der Waals surface area contributed by atoms with Gasteiger partial charge in [-0.3, -0.25) is 9.10 Å². The number of anilines is 1. The second kappa shape index (κ2) is 12.9. The van der Waals surface area contributed by atoms with Gasteiger partial charge in [0.25, 0.3) is 15.9 Å². The number of nitrogens with one attached hydrogen (secondary N) is 1. The van der Waals surface area contributed by atoms with Gasteiger partial charge >= 0.3 is 0 Å². The van der Waals surface area contributed by atoms with E-state index in [4.69, 9.17) is 32.7 Å². The van der Waals surface area contributed by atoms with Crippen LogP contribution in [0.4, 0.5) is 5.69 Å². The molecule has 42 heavy (non-hydrogen) atoms. The molecule has 0 saturated carbocycles. The average Bonchev–Trinajstić information content (AvgIpc) is 3.23. The number of halogens is 2. The van der Waals surface area contributed by atoms with Gasteiger partial charge in [-0.15, -0.1) is 0 Å². The van der Waals surface area contributed by atoms with E-state index in [0.717, 1.165) is 32.5 Å². The molecule has 0 radical (unpaired) electrons. The van der Waals surface area contributed by atoms with E-state index in [1.165, 1.54) is 38.6 Å². The zero-order chi connectivity index (χ0) is 30.6. The summed E-state index contributed by atoms with van der Waals surface area (Å²) in [5, 5.41) is 5.12. The molecule has 4 rings (SSSR count). The minimum absolute atomic E-state index is 0.0347. The van der Waals surface area contributed by atoms with Crippen LogP contribution in [0.2, 0.25) is 10.0 Å². The minimum Gasteiger partial charge on any atom is -0.493 e. The number of hydrogen-bond donors (Lipinski definition) is 1. The molecule has 0 aliphatic rings. The number of carbonyl (C=O) groups excluding carboxylic acids is 1. The van der Waals surface area contributed by atoms with Crippen LogP contribution in [0.5, 0.6) is 11.5 Å². The molecule has 9 nitrogen and oxygen atoms in total. The molecule has 1 heterocycles. The summed E-state index contributed by atoms with van der Waals surface area (Å²) in [4.78, 5) is 13.1. The molecular formula is C30H30Cl2N4O5S. The molecule has 1 amide bonds. The molecule has 0 spiro atoms. The molecule has 1 N–H and O–H groups in total. The van der Waals surface area contributed by atoms with Crippen LogP contribution < -0.4 is 19.2 Å². The predicted octanol–water partition coefficient (Wildman–Crippen LogP) is 6.07. The number of nitrogens with zero attached hydrogens (tertiary/aromatic N) is 3. The summed E-state index contributed by atoms with van der Waals surface area (Å²) in [7, 11) is -1.21. The summed E-state index contributed by atoms with van der Waals surface area (Å²) in [6.45, 7) is 5.14. The highest BCUT2D eigenvalue weighted by atomic mass is 35.5. The van der Waals surface area contributed by atoms with Crippen LogP contribution in [0, 0.1) is 20.8 Å². The summed E-state index contributed by atoms with van der Waals surface area (Å²) >= 11 is 12.5. The van der Waals surface area contributed by atoms with Crippen molar-refractivity contribution in [3.63, 3.8) is 0 Å². The molecule has 0 fully saturated rings. The fourth-order valence-electron chi connectivity index (χ4n) is 4.42. The first kappa shape index (κ1) is 31.0. The molecule has 12 heteroatoms. The van der Waals surface area contributed by atoms with Crippen LogP contribution in [-0.4, -0.2) is 45.9 Å². The number of hydrogen-bond acceptors (Lipinski definition) is 6. The van der Waals surface area contributed by atoms with Gasteiger partial charge in [0.1, 0.15) is 6.54 Å². The van der Waals surface area contributed by atoms with Crippen molar-refractivity contribution < 1.29 is 22.7 Å². The van der Waals surface area contributed by atoms with E-state index in [9.17, 15) is 13.2 Å². The van der Waals surface area contributed by atoms with Crippen LogP contribution in [0.25, 0.3) is 5.69 Å². The highest BCUT2D eigenvalue weighted by Crippen LogP contribution is 2.34. The van der Waals surface area contributed by atoms with Gasteiger partial charge < -0.3 is 14.0 Å². The summed E-state index contributed by atoms with van der Waals surface area (Å²) in [6.07, 6.45) is 1.50. The van der Waals surface area contributed by atoms with Gasteiger partial charge in [0.05, 0.1) is 41.7 Å². The summed E-state index contributed by atoms with van der Waals surface area (Å²) < 4.78 is 41.0. The van der Waals surface area contributed by atoms with Gasteiger partial charge in [-0.05, 0) is 69.3 Å². The highest BCUT2D eigenvalue weighted by molar-refractivity contribution is 7.92. The van der Waals surface area contributed by atoms with Gasteiger partial charge in [0, 0.05) is 28.0 Å². The van der Waals surface area contributed by atoms with Crippen LogP contribution in [0.15, 0.2) is 76.7 Å². The zero-order valence-corrected chi connectivity index (χ0v) is 26.0. The number of aromatic nitrogens is 1. The molecule has 0 bridgehead atoms. The van der Waals surface area contributed by atoms with E-state index in [1.54, 1.807) is 36.4 Å². The molecule has 0 saturated heterocycles. The zero-order valence-electron chi connectivity index (χ0n) is 23.7. The Morgan fingerprint density at radius 1 is 0.952 bits per heavy atom. The molecule has 0 aliphatic heterocycles. The van der Waals surface area contributed by atoms with Crippen LogP contribution in [-0.2, 0) is 14.8 Å². The van der Waals surface area contributed by atoms with Crippen molar-refractivity contribution in [1.29, 1.82) is 0 Å². The van der Waals surface area contributed by atoms with Gasteiger partial charge in [-0.25, -0.2) is 13.8 Å². The molecule has 4 aromatic rings. The Hall–Kier alpha value is -3.99. The van der Waals surface area contributed by atoms with Gasteiger partial charge in [0.15, 0.2) is 11.5 Å². The summed E-state index contributed by atoms with van der Waals surface area (Å²) in [5.41, 5.74) is 6.79. The van der Waals surface area contributed by atoms with Gasteiger partial charge in [0.2, 0.25) is 0 Å². The molecule has 0 unspecified atom stereocenters. The summed E-state index contributed by atoms with van der Waals surface area (Å²) in [5.74, 6) is 0.0837. The van der Waals surface area contributed by atoms with Crippen molar-refractivity contribution in [3.05, 3.63) is 99.3 Å². The van der Waals surface area contributed by atoms with Crippen LogP contribution >= 0.6 is 23.2 Å². The topological polar surface area (TPSA) is 102 Å². The fraction of sp³-hybridized carbons (Fsp3) is 0.200. The smallest absolute Gasteiger partial charge is 0.264 e. The normalized spacial score (nSPS) is 11.5. The van der Waals surface area contributed by atoms with Crippen molar-refractivity contribution >= 4 is 51.0 Å². The number of amides is 1. The van der Waals surface area contributed by atoms with Crippen LogP contribution in [0.1, 0.15) is 22.5 Å². The monoisotopic (exact) mass is 628 g/mol. The molecule has 220 valence electrons. The maximum absolute atomic E-state index is 13.7. The van der Waals surface area contributed by atoms with Gasteiger partial charge in [-0.1, -0.05) is 40.9 Å². The second-order valence-electron chi connectivity index (χ2n) is 9.41. The van der Waals surface area contributed by atoms with Crippen molar-refractivity contribution in [3.8, 4) is 17.2 Å². The lowest BCUT2D eigenvalue weighted by molar-refractivity contribution is -0.119. The van der Waals surface area contributed by atoms with E-state index >= 15 is 0 Å². The largest absolute Gasteiger partial charge is 0.493 e. The Bertz CT molecular complexity index is 1750. The van der Waals surface area contributed by atoms with E-state index in [2.05, 4.69) is 10.5 Å². The van der Waals surface area contributed by atoms with Crippen molar-refractivity contribution in [1.82, 2.24) is 9.99 Å². The Morgan fingerprint density at radius 3 is 2.29 bits per heavy atom. The third kappa shape index (κ3) is 6.56. The number of sulfonamides is 1. The predicted molar refractivity (Wildman–Crippen MR) is 166 cm³/mol. The third-order valence-electron chi connectivity index (χ3n) is 6.57. The maximum atomic E-state index is 13.7. The lowest BCUT2D eigenvalue weighted by Crippen LogP contribution is -2.39. The average molecular weight is 630 g/mol. The first-order valence-electron chi connectivity index (χ1n) is 12.7. The number of ether oxygens (including phenoxy) is 2. The number of hydrazone groups is 1. The number of carbonyl (C=O) groups is 1. The first-order valence-corrected chi connectivity index (χ1v) is 14.9. The van der Waals surface area contributed by atoms with E-state index in [-0.39, 0.29) is 10.6 Å². The Morgan fingerprint density at radius 2 is 1.64 bits per heavy atom. The van der Waals surface area contributed by atoms with Crippen molar-refractivity contribution in [2.75, 3.05) is 25.1 Å². The highest BCUT2D eigenvalue weighted by Gasteiger charge is 2.28. The quantitative estimate of drug-likeness (QED) is 0.170. The van der Waals surface area contributed by atoms with Crippen molar-refractivity contribution in [2.24, 2.45) is 5.10 Å². The summed E-state index contributed by atoms with van der Waals surface area (Å²) in [6, 6.07) is 18.1. The Labute approximate surface area is 255 Å². The standard InChI is InChI=1S/C30H30Cl2N4O5S/c1-19-6-10-25(11-7-19)42(38,39)35(24-9-13-28(40-4)29(16-24)41-5)18-30(37)34-33-17-22-14-20(2)36(21(22)3)27-12-8-23(31)15-26(27)32/h6-17H,18H2,1-5H3,(H,34,37)/b33-17+. The first-order chi connectivity index (χ1) is 20.0. The third-order valence-corrected chi connectivity index (χ3v) is 8.89. The second-order valence-corrected chi connectivity index (χ2v) is 12.1. The molecular weight excluding hydrogens is 599 g/mol.